The summed E-state index contributed by atoms with van der Waals surface area (Å²) in [5.74, 6) is -2.55. The highest BCUT2D eigenvalue weighted by molar-refractivity contribution is 5.88. The molecule has 0 aromatic rings. The Morgan fingerprint density at radius 2 is 1.55 bits per heavy atom. The number of aliphatic hydroxyl groups excluding tert-OH is 1. The molecular weight excluding hydrogens is 496 g/mol. The van der Waals surface area contributed by atoms with E-state index in [1.54, 1.807) is 0 Å². The van der Waals surface area contributed by atoms with Gasteiger partial charge >= 0.3 is 23.9 Å². The molecule has 212 valence electrons. The molecule has 10 heteroatoms. The van der Waals surface area contributed by atoms with Crippen LogP contribution in [0.1, 0.15) is 74.1 Å². The number of aliphatic hydroxyl groups is 1. The lowest BCUT2D eigenvalue weighted by molar-refractivity contribution is -0.295. The standard InChI is InChI=1S/C28H40O10/c1-13(29)35-18-12-19(36-14(2)30)26(6)15-9-10-25(5)20(22(32)34-8)37-23(33)21-28(25,38-21)27(15,7)17(31)11-16(26)24(18,3)4/h15-21,31H,9-12H2,1-8H3/t15-,16+,17+,18-,19+,20+,21-,25+,26-,27+,28-/m1/s1. The van der Waals surface area contributed by atoms with Crippen LogP contribution < -0.4 is 0 Å². The van der Waals surface area contributed by atoms with Gasteiger partial charge in [-0.1, -0.05) is 34.6 Å². The Morgan fingerprint density at radius 3 is 2.13 bits per heavy atom. The third-order valence-electron chi connectivity index (χ3n) is 11.5. The van der Waals surface area contributed by atoms with Crippen molar-refractivity contribution in [1.82, 2.24) is 0 Å². The zero-order valence-electron chi connectivity index (χ0n) is 23.5. The fourth-order valence-corrected chi connectivity index (χ4v) is 9.77. The van der Waals surface area contributed by atoms with Crippen LogP contribution in [0, 0.1) is 33.5 Å². The van der Waals surface area contributed by atoms with Crippen molar-refractivity contribution in [2.24, 2.45) is 33.5 Å². The molecule has 11 atom stereocenters. The Morgan fingerprint density at radius 1 is 0.947 bits per heavy atom. The quantitative estimate of drug-likeness (QED) is 0.325. The van der Waals surface area contributed by atoms with Crippen molar-refractivity contribution in [3.05, 3.63) is 0 Å². The van der Waals surface area contributed by atoms with E-state index in [0.29, 0.717) is 25.7 Å². The zero-order chi connectivity index (χ0) is 28.2. The van der Waals surface area contributed by atoms with Gasteiger partial charge in [-0.05, 0) is 31.1 Å². The Labute approximate surface area is 223 Å². The van der Waals surface area contributed by atoms with E-state index in [1.807, 2.05) is 27.7 Å². The normalized spacial score (nSPS) is 50.1. The number of hydrogen-bond acceptors (Lipinski definition) is 10. The summed E-state index contributed by atoms with van der Waals surface area (Å²) in [4.78, 5) is 50.3. The zero-order valence-corrected chi connectivity index (χ0v) is 23.5. The van der Waals surface area contributed by atoms with Gasteiger partial charge in [0.2, 0.25) is 6.10 Å². The monoisotopic (exact) mass is 536 g/mol. The number of esters is 4. The number of ether oxygens (including phenoxy) is 5. The number of carbonyl (C=O) groups excluding carboxylic acids is 4. The van der Waals surface area contributed by atoms with Gasteiger partial charge in [0.05, 0.1) is 13.2 Å². The second-order valence-electron chi connectivity index (χ2n) is 13.3. The summed E-state index contributed by atoms with van der Waals surface area (Å²) in [6, 6.07) is 0. The van der Waals surface area contributed by atoms with Gasteiger partial charge in [0.15, 0.2) is 6.10 Å². The predicted octanol–water partition coefficient (Wildman–Crippen LogP) is 2.33. The highest BCUT2D eigenvalue weighted by Crippen LogP contribution is 2.78. The van der Waals surface area contributed by atoms with E-state index >= 15 is 0 Å². The van der Waals surface area contributed by atoms with Crippen molar-refractivity contribution in [3.63, 3.8) is 0 Å². The van der Waals surface area contributed by atoms with Gasteiger partial charge in [0.25, 0.3) is 0 Å². The van der Waals surface area contributed by atoms with Crippen molar-refractivity contribution < 1.29 is 48.0 Å². The fourth-order valence-electron chi connectivity index (χ4n) is 9.77. The molecule has 0 aromatic carbocycles. The smallest absolute Gasteiger partial charge is 0.347 e. The van der Waals surface area contributed by atoms with E-state index < -0.39 is 81.7 Å². The van der Waals surface area contributed by atoms with Crippen molar-refractivity contribution in [2.75, 3.05) is 7.11 Å². The molecule has 0 aromatic heterocycles. The van der Waals surface area contributed by atoms with Gasteiger partial charge < -0.3 is 28.8 Å². The van der Waals surface area contributed by atoms with Crippen LogP contribution in [0.4, 0.5) is 0 Å². The van der Waals surface area contributed by atoms with Crippen molar-refractivity contribution in [1.29, 1.82) is 0 Å². The van der Waals surface area contributed by atoms with Crippen LogP contribution in [-0.4, -0.2) is 72.2 Å². The van der Waals surface area contributed by atoms with Gasteiger partial charge in [-0.25, -0.2) is 9.59 Å². The number of hydrogen-bond donors (Lipinski definition) is 1. The molecule has 2 aliphatic heterocycles. The largest absolute Gasteiger partial charge is 0.466 e. The average Bonchev–Trinajstić information content (AvgIpc) is 3.59. The summed E-state index contributed by atoms with van der Waals surface area (Å²) in [7, 11) is 1.26. The van der Waals surface area contributed by atoms with E-state index in [1.165, 1.54) is 21.0 Å². The molecule has 2 heterocycles. The van der Waals surface area contributed by atoms with Crippen LogP contribution >= 0.6 is 0 Å². The summed E-state index contributed by atoms with van der Waals surface area (Å²) in [5, 5.41) is 12.0. The van der Waals surface area contributed by atoms with E-state index in [9.17, 15) is 24.3 Å². The van der Waals surface area contributed by atoms with Gasteiger partial charge in [0.1, 0.15) is 17.8 Å². The van der Waals surface area contributed by atoms with Gasteiger partial charge in [-0.2, -0.15) is 0 Å². The summed E-state index contributed by atoms with van der Waals surface area (Å²) in [6.07, 6.45) is -2.39. The first-order chi connectivity index (χ1) is 17.5. The number of fused-ring (bicyclic) bond motifs is 3. The molecule has 38 heavy (non-hydrogen) atoms. The van der Waals surface area contributed by atoms with Crippen molar-refractivity contribution in [3.8, 4) is 0 Å². The molecule has 10 nitrogen and oxygen atoms in total. The third-order valence-corrected chi connectivity index (χ3v) is 11.5. The maximum atomic E-state index is 13.0. The summed E-state index contributed by atoms with van der Waals surface area (Å²) < 4.78 is 28.6. The van der Waals surface area contributed by atoms with E-state index in [-0.39, 0.29) is 11.8 Å². The minimum absolute atomic E-state index is 0.185. The molecule has 0 bridgehead atoms. The minimum Gasteiger partial charge on any atom is -0.466 e. The molecule has 2 saturated heterocycles. The van der Waals surface area contributed by atoms with Crippen LogP contribution in [0.2, 0.25) is 0 Å². The molecule has 3 saturated carbocycles. The molecule has 1 N–H and O–H groups in total. The highest BCUT2D eigenvalue weighted by atomic mass is 16.7. The average molecular weight is 537 g/mol. The third kappa shape index (κ3) is 3.07. The van der Waals surface area contributed by atoms with E-state index in [0.717, 1.165) is 0 Å². The topological polar surface area (TPSA) is 138 Å². The number of rotatable bonds is 3. The first-order valence-electron chi connectivity index (χ1n) is 13.5. The molecular formula is C28H40O10. The van der Waals surface area contributed by atoms with Crippen LogP contribution in [-0.2, 0) is 42.9 Å². The number of epoxide rings is 1. The molecule has 3 aliphatic carbocycles. The Hall–Kier alpha value is -2.20. The lowest BCUT2D eigenvalue weighted by Crippen LogP contribution is -2.76. The van der Waals surface area contributed by atoms with Gasteiger partial charge in [-0.3, -0.25) is 9.59 Å². The molecule has 0 unspecified atom stereocenters. The number of carbonyl (C=O) groups is 4. The first-order valence-corrected chi connectivity index (χ1v) is 13.5. The van der Waals surface area contributed by atoms with Crippen LogP contribution in [0.25, 0.3) is 0 Å². The Kier molecular flexibility index (Phi) is 5.88. The summed E-state index contributed by atoms with van der Waals surface area (Å²) >= 11 is 0. The second-order valence-corrected chi connectivity index (χ2v) is 13.3. The minimum atomic E-state index is -1.16. The fraction of sp³-hybridized carbons (Fsp3) is 0.857. The summed E-state index contributed by atoms with van der Waals surface area (Å²) in [6.45, 7) is 12.7. The van der Waals surface area contributed by atoms with Crippen molar-refractivity contribution >= 4 is 23.9 Å². The van der Waals surface area contributed by atoms with Crippen molar-refractivity contribution in [2.45, 2.75) is 110 Å². The molecule has 0 radical (unpaired) electrons. The summed E-state index contributed by atoms with van der Waals surface area (Å²) in [5.41, 5.74) is -4.22. The predicted molar refractivity (Wildman–Crippen MR) is 130 cm³/mol. The van der Waals surface area contributed by atoms with Gasteiger partial charge in [0, 0.05) is 41.9 Å². The SMILES string of the molecule is COC(=O)[C@@H]1OC(=O)[C@H]2O[C@]23[C@@]2(C)[C@H](CC[C@@]13C)[C@@]1(C)[C@@H](OC(C)=O)C[C@@H](OC(C)=O)C(C)(C)[C@@H]1C[C@@H]2O. The van der Waals surface area contributed by atoms with Crippen LogP contribution in [0.5, 0.6) is 0 Å². The molecule has 5 rings (SSSR count). The molecule has 0 amide bonds. The Balaban J connectivity index is 1.66. The maximum absolute atomic E-state index is 13.0. The molecule has 5 aliphatic rings. The van der Waals surface area contributed by atoms with Crippen LogP contribution in [0.15, 0.2) is 0 Å². The lowest BCUT2D eigenvalue weighted by atomic mass is 9.34. The van der Waals surface area contributed by atoms with E-state index in [4.69, 9.17) is 23.7 Å². The van der Waals surface area contributed by atoms with E-state index in [2.05, 4.69) is 6.92 Å². The first kappa shape index (κ1) is 27.4. The van der Waals surface area contributed by atoms with Crippen LogP contribution in [0.3, 0.4) is 0 Å². The Bertz CT molecular complexity index is 1090. The molecule has 5 fully saturated rings. The number of methoxy groups -OCH3 is 1. The number of cyclic esters (lactones) is 1. The second kappa shape index (κ2) is 8.16. The van der Waals surface area contributed by atoms with Gasteiger partial charge in [-0.15, -0.1) is 0 Å². The molecule has 1 spiro atoms. The lowest BCUT2D eigenvalue weighted by Gasteiger charge is -2.71. The maximum Gasteiger partial charge on any atom is 0.347 e. The highest BCUT2D eigenvalue weighted by Gasteiger charge is 2.89.